The third-order valence-electron chi connectivity index (χ3n) is 6.34. The number of nitrogens with one attached hydrogen (secondary N) is 1. The fourth-order valence-corrected chi connectivity index (χ4v) is 4.74. The molecule has 7 nitrogen and oxygen atoms in total. The van der Waals surface area contributed by atoms with Gasteiger partial charge in [-0.1, -0.05) is 36.4 Å². The van der Waals surface area contributed by atoms with Crippen molar-refractivity contribution in [1.82, 2.24) is 14.8 Å². The summed E-state index contributed by atoms with van der Waals surface area (Å²) in [6.45, 7) is 1.91. The van der Waals surface area contributed by atoms with Crippen molar-refractivity contribution in [2.75, 3.05) is 19.5 Å². The van der Waals surface area contributed by atoms with Crippen LogP contribution in [0.3, 0.4) is 0 Å². The van der Waals surface area contributed by atoms with Gasteiger partial charge in [-0.15, -0.1) is 0 Å². The summed E-state index contributed by atoms with van der Waals surface area (Å²) in [6.07, 6.45) is -0.326. The lowest BCUT2D eigenvalue weighted by atomic mass is 9.84. The van der Waals surface area contributed by atoms with Gasteiger partial charge in [0.05, 0.1) is 19.9 Å². The number of ether oxygens (including phenoxy) is 3. The Labute approximate surface area is 197 Å². The molecule has 0 spiro atoms. The van der Waals surface area contributed by atoms with Crippen molar-refractivity contribution in [3.05, 3.63) is 101 Å². The molecular weight excluding hydrogens is 428 g/mol. The Morgan fingerprint density at radius 2 is 1.50 bits per heavy atom. The normalized spacial score (nSPS) is 18.2. The summed E-state index contributed by atoms with van der Waals surface area (Å²) in [5, 5.41) is 8.32. The van der Waals surface area contributed by atoms with Crippen molar-refractivity contribution >= 4 is 11.6 Å². The number of benzene rings is 3. The van der Waals surface area contributed by atoms with Crippen LogP contribution in [0.25, 0.3) is 5.70 Å². The van der Waals surface area contributed by atoms with Crippen molar-refractivity contribution in [2.24, 2.45) is 0 Å². The number of hydrogen-bond donors (Lipinski definition) is 1. The second-order valence-electron chi connectivity index (χ2n) is 8.33. The quantitative estimate of drug-likeness (QED) is 0.461. The average molecular weight is 453 g/mol. The molecule has 170 valence electrons. The monoisotopic (exact) mass is 452 g/mol. The second kappa shape index (κ2) is 7.95. The van der Waals surface area contributed by atoms with Crippen LogP contribution in [0.1, 0.15) is 34.7 Å². The zero-order valence-electron chi connectivity index (χ0n) is 19.1. The van der Waals surface area contributed by atoms with Gasteiger partial charge in [0.15, 0.2) is 0 Å². The number of methoxy groups -OCH3 is 2. The number of aryl methyl sites for hydroxylation is 1. The number of rotatable bonds is 4. The van der Waals surface area contributed by atoms with E-state index in [0.717, 1.165) is 45.2 Å². The molecule has 0 bridgehead atoms. The summed E-state index contributed by atoms with van der Waals surface area (Å²) < 4.78 is 19.4. The van der Waals surface area contributed by atoms with E-state index in [1.807, 2.05) is 54.1 Å². The number of nitrogens with zero attached hydrogens (tertiary/aromatic N) is 3. The van der Waals surface area contributed by atoms with Gasteiger partial charge >= 0.3 is 0 Å². The van der Waals surface area contributed by atoms with Crippen LogP contribution in [0.2, 0.25) is 0 Å². The van der Waals surface area contributed by atoms with E-state index in [2.05, 4.69) is 40.6 Å². The highest BCUT2D eigenvalue weighted by atomic mass is 16.5. The minimum Gasteiger partial charge on any atom is -0.497 e. The van der Waals surface area contributed by atoms with Crippen LogP contribution in [0.4, 0.5) is 5.95 Å². The zero-order valence-corrected chi connectivity index (χ0v) is 19.1. The summed E-state index contributed by atoms with van der Waals surface area (Å²) >= 11 is 0. The Kier molecular flexibility index (Phi) is 4.76. The lowest BCUT2D eigenvalue weighted by molar-refractivity contribution is 0.223. The molecule has 0 amide bonds. The molecule has 2 aliphatic heterocycles. The zero-order chi connectivity index (χ0) is 23.2. The minimum atomic E-state index is -0.326. The Bertz CT molecular complexity index is 1390. The van der Waals surface area contributed by atoms with E-state index < -0.39 is 0 Å². The molecule has 3 heterocycles. The molecule has 0 unspecified atom stereocenters. The third kappa shape index (κ3) is 3.20. The van der Waals surface area contributed by atoms with Crippen LogP contribution in [0, 0.1) is 6.92 Å². The molecule has 0 saturated carbocycles. The lowest BCUT2D eigenvalue weighted by Crippen LogP contribution is -2.32. The van der Waals surface area contributed by atoms with Gasteiger partial charge in [-0.3, -0.25) is 0 Å². The van der Waals surface area contributed by atoms with E-state index in [4.69, 9.17) is 19.3 Å². The summed E-state index contributed by atoms with van der Waals surface area (Å²) in [4.78, 5) is 4.67. The Morgan fingerprint density at radius 1 is 0.853 bits per heavy atom. The van der Waals surface area contributed by atoms with E-state index in [-0.39, 0.29) is 12.1 Å². The predicted molar refractivity (Wildman–Crippen MR) is 129 cm³/mol. The first-order valence-corrected chi connectivity index (χ1v) is 11.1. The van der Waals surface area contributed by atoms with Crippen LogP contribution in [0.5, 0.6) is 17.2 Å². The second-order valence-corrected chi connectivity index (χ2v) is 8.33. The van der Waals surface area contributed by atoms with E-state index in [1.165, 1.54) is 0 Å². The number of anilines is 1. The van der Waals surface area contributed by atoms with Crippen molar-refractivity contribution in [3.63, 3.8) is 0 Å². The minimum absolute atomic E-state index is 0.209. The van der Waals surface area contributed by atoms with Crippen molar-refractivity contribution in [3.8, 4) is 17.2 Å². The van der Waals surface area contributed by atoms with Gasteiger partial charge in [0.25, 0.3) is 0 Å². The molecule has 0 aliphatic carbocycles. The highest BCUT2D eigenvalue weighted by Gasteiger charge is 2.41. The van der Waals surface area contributed by atoms with Gasteiger partial charge in [-0.05, 0) is 54.4 Å². The first-order valence-electron chi connectivity index (χ1n) is 11.1. The number of hydrogen-bond acceptors (Lipinski definition) is 6. The molecule has 2 aliphatic rings. The maximum Gasteiger partial charge on any atom is 0.226 e. The molecule has 2 atom stereocenters. The molecule has 1 aromatic heterocycles. The number of aromatic nitrogens is 3. The molecule has 1 N–H and O–H groups in total. The van der Waals surface area contributed by atoms with Gasteiger partial charge in [0.2, 0.25) is 5.95 Å². The highest BCUT2D eigenvalue weighted by Crippen LogP contribution is 2.50. The van der Waals surface area contributed by atoms with Crippen LogP contribution in [0.15, 0.2) is 78.4 Å². The molecule has 0 fully saturated rings. The molecule has 3 aromatic carbocycles. The molecule has 6 rings (SSSR count). The molecule has 4 aromatic rings. The van der Waals surface area contributed by atoms with Crippen molar-refractivity contribution in [2.45, 2.75) is 19.1 Å². The van der Waals surface area contributed by atoms with Crippen molar-refractivity contribution in [1.29, 1.82) is 0 Å². The standard InChI is InChI=1S/C27H24N4O3/c1-16-28-27-29-24-21-6-4-5-7-22(21)34-26(18-10-14-20(33-3)15-11-18)23(24)25(31(27)30-16)17-8-12-19(32-2)13-9-17/h4-15,25-26H,1-3H3,(H,28,29,30)/t25-,26-/m0/s1. The van der Waals surface area contributed by atoms with Gasteiger partial charge < -0.3 is 19.5 Å². The van der Waals surface area contributed by atoms with Gasteiger partial charge in [-0.25, -0.2) is 4.68 Å². The first kappa shape index (κ1) is 20.4. The maximum atomic E-state index is 6.65. The molecule has 7 heteroatoms. The summed E-state index contributed by atoms with van der Waals surface area (Å²) in [5.74, 6) is 3.85. The fraction of sp³-hybridized carbons (Fsp3) is 0.185. The molecule has 34 heavy (non-hydrogen) atoms. The van der Waals surface area contributed by atoms with Gasteiger partial charge in [0.1, 0.15) is 35.2 Å². The molecular formula is C27H24N4O3. The summed E-state index contributed by atoms with van der Waals surface area (Å²) in [5.41, 5.74) is 5.19. The smallest absolute Gasteiger partial charge is 0.226 e. The Morgan fingerprint density at radius 3 is 2.18 bits per heavy atom. The topological polar surface area (TPSA) is 70.4 Å². The number of para-hydroxylation sites is 1. The SMILES string of the molecule is COc1ccc([C@@H]2Oc3ccccc3C3=C2[C@H](c2ccc(OC)cc2)n2nc(C)nc2N3)cc1. The average Bonchev–Trinajstić information content (AvgIpc) is 3.26. The largest absolute Gasteiger partial charge is 0.497 e. The molecule has 0 saturated heterocycles. The first-order chi connectivity index (χ1) is 16.7. The van der Waals surface area contributed by atoms with Crippen LogP contribution in [-0.4, -0.2) is 29.0 Å². The van der Waals surface area contributed by atoms with Gasteiger partial charge in [0, 0.05) is 11.1 Å². The fourth-order valence-electron chi connectivity index (χ4n) is 4.74. The number of fused-ring (bicyclic) bond motifs is 3. The van der Waals surface area contributed by atoms with Gasteiger partial charge in [-0.2, -0.15) is 10.1 Å². The van der Waals surface area contributed by atoms with Crippen LogP contribution < -0.4 is 19.5 Å². The van der Waals surface area contributed by atoms with E-state index in [1.54, 1.807) is 14.2 Å². The molecule has 0 radical (unpaired) electrons. The summed E-state index contributed by atoms with van der Waals surface area (Å²) in [6, 6.07) is 24.0. The lowest BCUT2D eigenvalue weighted by Gasteiger charge is -2.39. The van der Waals surface area contributed by atoms with E-state index >= 15 is 0 Å². The van der Waals surface area contributed by atoms with Crippen molar-refractivity contribution < 1.29 is 14.2 Å². The Hall–Kier alpha value is -4.26. The van der Waals surface area contributed by atoms with E-state index in [0.29, 0.717) is 11.8 Å². The Balaban J connectivity index is 1.59. The maximum absolute atomic E-state index is 6.65. The highest BCUT2D eigenvalue weighted by molar-refractivity contribution is 5.85. The van der Waals surface area contributed by atoms with Crippen LogP contribution >= 0.6 is 0 Å². The van der Waals surface area contributed by atoms with Crippen LogP contribution in [-0.2, 0) is 0 Å². The van der Waals surface area contributed by atoms with E-state index in [9.17, 15) is 0 Å². The predicted octanol–water partition coefficient (Wildman–Crippen LogP) is 5.16. The summed E-state index contributed by atoms with van der Waals surface area (Å²) in [7, 11) is 3.34. The third-order valence-corrected chi connectivity index (χ3v) is 6.34.